The van der Waals surface area contributed by atoms with E-state index in [2.05, 4.69) is 0 Å². The summed E-state index contributed by atoms with van der Waals surface area (Å²) in [7, 11) is -0.903. The van der Waals surface area contributed by atoms with Crippen molar-refractivity contribution < 1.29 is 19.5 Å². The first-order valence-electron chi connectivity index (χ1n) is 5.76. The lowest BCUT2D eigenvalue weighted by Gasteiger charge is -2.46. The summed E-state index contributed by atoms with van der Waals surface area (Å²) in [5, 5.41) is 29.8. The molecule has 5 nitrogen and oxygen atoms in total. The van der Waals surface area contributed by atoms with Crippen molar-refractivity contribution in [3.05, 3.63) is 0 Å². The minimum atomic E-state index is -0.905. The molecule has 0 amide bonds. The second kappa shape index (κ2) is 3.74. The van der Waals surface area contributed by atoms with Gasteiger partial charge in [0.05, 0.1) is 30.4 Å². The molecule has 3 unspecified atom stereocenters. The third-order valence-electron chi connectivity index (χ3n) is 4.17. The van der Waals surface area contributed by atoms with Gasteiger partial charge in [0.1, 0.15) is 0 Å². The highest BCUT2D eigenvalue weighted by Crippen LogP contribution is 2.38. The van der Waals surface area contributed by atoms with Gasteiger partial charge in [0.2, 0.25) is 0 Å². The quantitative estimate of drug-likeness (QED) is 0.463. The monoisotopic (exact) mass is 247 g/mol. The molecular formula is C10H17NO4S. The van der Waals surface area contributed by atoms with Crippen LogP contribution in [0.2, 0.25) is 0 Å². The zero-order chi connectivity index (χ0) is 11.4. The molecule has 3 aliphatic heterocycles. The van der Waals surface area contributed by atoms with Gasteiger partial charge in [-0.05, 0) is 12.8 Å². The first kappa shape index (κ1) is 11.1. The maximum absolute atomic E-state index is 11.7. The van der Waals surface area contributed by atoms with Crippen molar-refractivity contribution in [2.45, 2.75) is 49.3 Å². The Hall–Kier alpha value is -0.0100. The zero-order valence-corrected chi connectivity index (χ0v) is 9.71. The van der Waals surface area contributed by atoms with E-state index in [1.165, 1.54) is 0 Å². The third-order valence-corrected chi connectivity index (χ3v) is 5.64. The van der Waals surface area contributed by atoms with Gasteiger partial charge in [0, 0.05) is 28.3 Å². The Labute approximate surface area is 96.5 Å². The van der Waals surface area contributed by atoms with E-state index < -0.39 is 29.1 Å². The number of hydrogen-bond acceptors (Lipinski definition) is 5. The van der Waals surface area contributed by atoms with Crippen molar-refractivity contribution >= 4 is 10.8 Å². The van der Waals surface area contributed by atoms with Crippen LogP contribution < -0.4 is 0 Å². The number of hydrogen-bond donors (Lipinski definition) is 3. The molecule has 3 aliphatic rings. The molecule has 3 saturated heterocycles. The van der Waals surface area contributed by atoms with Gasteiger partial charge < -0.3 is 15.3 Å². The molecular weight excluding hydrogens is 230 g/mol. The van der Waals surface area contributed by atoms with E-state index in [0.29, 0.717) is 17.9 Å². The van der Waals surface area contributed by atoms with Crippen molar-refractivity contribution in [1.82, 2.24) is 4.90 Å². The van der Waals surface area contributed by atoms with Gasteiger partial charge in [-0.3, -0.25) is 9.11 Å². The first-order chi connectivity index (χ1) is 7.59. The van der Waals surface area contributed by atoms with Crippen LogP contribution in [0.25, 0.3) is 0 Å². The molecule has 0 radical (unpaired) electrons. The lowest BCUT2D eigenvalue weighted by Crippen LogP contribution is -2.60. The lowest BCUT2D eigenvalue weighted by atomic mass is 9.93. The van der Waals surface area contributed by atoms with Crippen molar-refractivity contribution in [1.29, 1.82) is 0 Å². The summed E-state index contributed by atoms with van der Waals surface area (Å²) in [6.45, 7) is 0. The summed E-state index contributed by atoms with van der Waals surface area (Å²) < 4.78 is 11.7. The van der Waals surface area contributed by atoms with E-state index in [4.69, 9.17) is 0 Å². The Morgan fingerprint density at radius 1 is 1.06 bits per heavy atom. The van der Waals surface area contributed by atoms with E-state index in [-0.39, 0.29) is 18.1 Å². The smallest absolute Gasteiger partial charge is 0.0994 e. The molecule has 6 heteroatoms. The average molecular weight is 247 g/mol. The maximum Gasteiger partial charge on any atom is 0.0994 e. The normalized spacial score (nSPS) is 57.3. The molecule has 7 atom stereocenters. The molecule has 0 aliphatic carbocycles. The molecule has 0 spiro atoms. The Balaban J connectivity index is 1.95. The highest BCUT2D eigenvalue weighted by molar-refractivity contribution is 7.85. The fourth-order valence-corrected chi connectivity index (χ4v) is 5.11. The second-order valence-electron chi connectivity index (χ2n) is 5.06. The van der Waals surface area contributed by atoms with Gasteiger partial charge in [-0.1, -0.05) is 0 Å². The first-order valence-corrected chi connectivity index (χ1v) is 7.25. The molecule has 92 valence electrons. The van der Waals surface area contributed by atoms with Crippen LogP contribution in [0.3, 0.4) is 0 Å². The van der Waals surface area contributed by atoms with Gasteiger partial charge in [-0.15, -0.1) is 0 Å². The van der Waals surface area contributed by atoms with Crippen LogP contribution in [-0.4, -0.2) is 72.4 Å². The van der Waals surface area contributed by atoms with Gasteiger partial charge in [0.15, 0.2) is 0 Å². The molecule has 0 aromatic carbocycles. The molecule has 0 bridgehead atoms. The third kappa shape index (κ3) is 1.41. The van der Waals surface area contributed by atoms with Crippen LogP contribution in [0.5, 0.6) is 0 Å². The molecule has 0 aromatic rings. The molecule has 0 saturated carbocycles. The fraction of sp³-hybridized carbons (Fsp3) is 1.00. The minimum Gasteiger partial charge on any atom is -0.391 e. The van der Waals surface area contributed by atoms with Crippen LogP contribution >= 0.6 is 0 Å². The van der Waals surface area contributed by atoms with E-state index in [0.717, 1.165) is 6.42 Å². The van der Waals surface area contributed by atoms with Crippen molar-refractivity contribution in [3.63, 3.8) is 0 Å². The summed E-state index contributed by atoms with van der Waals surface area (Å²) in [5.74, 6) is 1.02. The summed E-state index contributed by atoms with van der Waals surface area (Å²) in [4.78, 5) is 2.02. The van der Waals surface area contributed by atoms with Crippen LogP contribution in [0.4, 0.5) is 0 Å². The highest BCUT2D eigenvalue weighted by atomic mass is 32.2. The molecule has 16 heavy (non-hydrogen) atoms. The van der Waals surface area contributed by atoms with Crippen LogP contribution in [0.15, 0.2) is 0 Å². The molecule has 3 N–H and O–H groups in total. The number of aliphatic hydroxyl groups excluding tert-OH is 3. The Morgan fingerprint density at radius 3 is 2.56 bits per heavy atom. The SMILES string of the molecule is O=S1CC2CC[C@@H](O)[C@@H]3[C@H](O)[C@H](O)C(C1)N23. The van der Waals surface area contributed by atoms with Gasteiger partial charge in [0.25, 0.3) is 0 Å². The van der Waals surface area contributed by atoms with E-state index in [9.17, 15) is 19.5 Å². The van der Waals surface area contributed by atoms with E-state index in [1.54, 1.807) is 0 Å². The Kier molecular flexibility index (Phi) is 2.60. The number of piperidine rings is 1. The largest absolute Gasteiger partial charge is 0.391 e. The predicted octanol–water partition coefficient (Wildman–Crippen LogP) is -1.95. The average Bonchev–Trinajstić information content (AvgIpc) is 2.49. The summed E-state index contributed by atoms with van der Waals surface area (Å²) in [6, 6.07) is -0.453. The summed E-state index contributed by atoms with van der Waals surface area (Å²) >= 11 is 0. The molecule has 3 fully saturated rings. The van der Waals surface area contributed by atoms with Crippen molar-refractivity contribution in [3.8, 4) is 0 Å². The van der Waals surface area contributed by atoms with Crippen LogP contribution in [0.1, 0.15) is 12.8 Å². The topological polar surface area (TPSA) is 81.0 Å². The zero-order valence-electron chi connectivity index (χ0n) is 8.90. The Morgan fingerprint density at radius 2 is 1.81 bits per heavy atom. The van der Waals surface area contributed by atoms with Crippen molar-refractivity contribution in [2.24, 2.45) is 0 Å². The van der Waals surface area contributed by atoms with Gasteiger partial charge in [-0.25, -0.2) is 0 Å². The van der Waals surface area contributed by atoms with Crippen LogP contribution in [0, 0.1) is 0 Å². The van der Waals surface area contributed by atoms with Crippen LogP contribution in [-0.2, 0) is 10.8 Å². The van der Waals surface area contributed by atoms with E-state index in [1.807, 2.05) is 4.90 Å². The van der Waals surface area contributed by atoms with Gasteiger partial charge >= 0.3 is 0 Å². The lowest BCUT2D eigenvalue weighted by molar-refractivity contribution is -0.0453. The standard InChI is InChI=1S/C10H17NO4S/c12-7-2-1-5-3-16(15)4-6-9(13)10(14)8(7)11(5)6/h5-10,12-14H,1-4H2/t5?,6?,7-,8-,9-,10+,16?/m1/s1. The highest BCUT2D eigenvalue weighted by Gasteiger charge is 2.56. The molecule has 0 aromatic heterocycles. The second-order valence-corrected chi connectivity index (χ2v) is 6.60. The maximum atomic E-state index is 11.7. The summed E-state index contributed by atoms with van der Waals surface area (Å²) in [6.07, 6.45) is -0.918. The van der Waals surface area contributed by atoms with Gasteiger partial charge in [-0.2, -0.15) is 0 Å². The number of rotatable bonds is 0. The number of nitrogens with zero attached hydrogens (tertiary/aromatic N) is 1. The van der Waals surface area contributed by atoms with Crippen molar-refractivity contribution in [2.75, 3.05) is 11.5 Å². The number of aliphatic hydroxyl groups is 3. The molecule has 3 heterocycles. The Bertz CT molecular complexity index is 326. The predicted molar refractivity (Wildman–Crippen MR) is 58.3 cm³/mol. The molecule has 3 rings (SSSR count). The fourth-order valence-electron chi connectivity index (χ4n) is 3.45. The minimum absolute atomic E-state index is 0.153. The summed E-state index contributed by atoms with van der Waals surface area (Å²) in [5.41, 5.74) is 0. The van der Waals surface area contributed by atoms with E-state index >= 15 is 0 Å².